The molecule has 2 N–H and O–H groups in total. The number of thioether (sulfide) groups is 1. The number of hydrogen-bond acceptors (Lipinski definition) is 7. The second kappa shape index (κ2) is 9.27. The molecule has 1 aromatic heterocycles. The number of nitrogens with zero attached hydrogens (tertiary/aromatic N) is 3. The van der Waals surface area contributed by atoms with E-state index in [9.17, 15) is 14.0 Å². The SMILES string of the molecule is C[C@H](Sc1nnc(CC(=O)Nc2ccccc2F)n1C)C(=O)Nc1ccc2c(c1)OCO2. The third kappa shape index (κ3) is 4.83. The second-order valence-electron chi connectivity index (χ2n) is 6.98. The number of halogens is 1. The largest absolute Gasteiger partial charge is 0.454 e. The van der Waals surface area contributed by atoms with E-state index in [0.717, 1.165) is 0 Å². The second-order valence-corrected chi connectivity index (χ2v) is 8.29. The molecule has 0 spiro atoms. The van der Waals surface area contributed by atoms with Gasteiger partial charge in [-0.1, -0.05) is 23.9 Å². The lowest BCUT2D eigenvalue weighted by Gasteiger charge is -2.12. The van der Waals surface area contributed by atoms with Crippen molar-refractivity contribution >= 4 is 35.0 Å². The van der Waals surface area contributed by atoms with E-state index >= 15 is 0 Å². The van der Waals surface area contributed by atoms with Gasteiger partial charge in [-0.25, -0.2) is 4.39 Å². The van der Waals surface area contributed by atoms with Gasteiger partial charge in [-0.2, -0.15) is 0 Å². The lowest BCUT2D eigenvalue weighted by atomic mass is 10.2. The molecule has 0 fully saturated rings. The van der Waals surface area contributed by atoms with Gasteiger partial charge in [0.05, 0.1) is 17.4 Å². The molecule has 3 aromatic rings. The first-order valence-corrected chi connectivity index (χ1v) is 10.6. The molecule has 11 heteroatoms. The summed E-state index contributed by atoms with van der Waals surface area (Å²) in [6, 6.07) is 11.1. The third-order valence-electron chi connectivity index (χ3n) is 4.68. The highest BCUT2D eigenvalue weighted by Crippen LogP contribution is 2.34. The molecule has 2 amide bonds. The predicted octanol–water partition coefficient (Wildman–Crippen LogP) is 2.98. The van der Waals surface area contributed by atoms with Crippen LogP contribution >= 0.6 is 11.8 Å². The molecule has 0 saturated heterocycles. The number of fused-ring (bicyclic) bond motifs is 1. The minimum Gasteiger partial charge on any atom is -0.454 e. The Morgan fingerprint density at radius 2 is 1.94 bits per heavy atom. The Bertz CT molecular complexity index is 1170. The number of nitrogens with one attached hydrogen (secondary N) is 2. The smallest absolute Gasteiger partial charge is 0.237 e. The molecule has 0 radical (unpaired) electrons. The van der Waals surface area contributed by atoms with Crippen molar-refractivity contribution in [3.8, 4) is 11.5 Å². The van der Waals surface area contributed by atoms with Crippen molar-refractivity contribution in [1.82, 2.24) is 14.8 Å². The maximum Gasteiger partial charge on any atom is 0.237 e. The lowest BCUT2D eigenvalue weighted by molar-refractivity contribution is -0.116. The molecule has 166 valence electrons. The van der Waals surface area contributed by atoms with Gasteiger partial charge in [0.1, 0.15) is 11.6 Å². The fraction of sp³-hybridized carbons (Fsp3) is 0.238. The number of carbonyl (C=O) groups is 2. The molecule has 1 aliphatic rings. The molecule has 9 nitrogen and oxygen atoms in total. The van der Waals surface area contributed by atoms with Crippen LogP contribution in [-0.2, 0) is 23.1 Å². The summed E-state index contributed by atoms with van der Waals surface area (Å²) in [7, 11) is 1.70. The Labute approximate surface area is 187 Å². The fourth-order valence-electron chi connectivity index (χ4n) is 2.93. The normalized spacial score (nSPS) is 13.0. The van der Waals surface area contributed by atoms with E-state index in [-0.39, 0.29) is 24.8 Å². The van der Waals surface area contributed by atoms with Gasteiger partial charge in [-0.15, -0.1) is 10.2 Å². The van der Waals surface area contributed by atoms with Crippen LogP contribution in [0.15, 0.2) is 47.6 Å². The van der Waals surface area contributed by atoms with Crippen molar-refractivity contribution in [3.05, 3.63) is 54.1 Å². The number of aromatic nitrogens is 3. The summed E-state index contributed by atoms with van der Waals surface area (Å²) >= 11 is 1.21. The zero-order valence-electron chi connectivity index (χ0n) is 17.3. The van der Waals surface area contributed by atoms with Gasteiger partial charge in [0.15, 0.2) is 16.7 Å². The zero-order valence-corrected chi connectivity index (χ0v) is 18.1. The van der Waals surface area contributed by atoms with E-state index in [1.807, 2.05) is 0 Å². The molecule has 2 aromatic carbocycles. The van der Waals surface area contributed by atoms with Crippen LogP contribution in [0.4, 0.5) is 15.8 Å². The van der Waals surface area contributed by atoms with E-state index < -0.39 is 17.0 Å². The first-order chi connectivity index (χ1) is 15.4. The van der Waals surface area contributed by atoms with Gasteiger partial charge in [0.2, 0.25) is 18.6 Å². The number of anilines is 2. The number of rotatable bonds is 7. The van der Waals surface area contributed by atoms with Crippen molar-refractivity contribution in [3.63, 3.8) is 0 Å². The van der Waals surface area contributed by atoms with Crippen LogP contribution in [0.3, 0.4) is 0 Å². The van der Waals surface area contributed by atoms with Gasteiger partial charge in [-0.3, -0.25) is 9.59 Å². The highest BCUT2D eigenvalue weighted by Gasteiger charge is 2.21. The third-order valence-corrected chi connectivity index (χ3v) is 5.82. The first-order valence-electron chi connectivity index (χ1n) is 9.70. The van der Waals surface area contributed by atoms with Crippen LogP contribution in [0.1, 0.15) is 12.7 Å². The van der Waals surface area contributed by atoms with Gasteiger partial charge in [0, 0.05) is 18.8 Å². The number of carbonyl (C=O) groups excluding carboxylic acids is 2. The number of para-hydroxylation sites is 1. The van der Waals surface area contributed by atoms with E-state index in [1.165, 1.54) is 23.9 Å². The minimum absolute atomic E-state index is 0.0871. The lowest BCUT2D eigenvalue weighted by Crippen LogP contribution is -2.23. The summed E-state index contributed by atoms with van der Waals surface area (Å²) < 4.78 is 25.9. The van der Waals surface area contributed by atoms with Gasteiger partial charge in [0.25, 0.3) is 0 Å². The molecule has 0 saturated carbocycles. The zero-order chi connectivity index (χ0) is 22.7. The van der Waals surface area contributed by atoms with E-state index in [0.29, 0.717) is 28.2 Å². The Balaban J connectivity index is 1.35. The monoisotopic (exact) mass is 457 g/mol. The standard InChI is InChI=1S/C21H20FN5O4S/c1-12(20(29)23-13-7-8-16-17(9-13)31-11-30-16)32-21-26-25-18(27(21)2)10-19(28)24-15-6-4-3-5-14(15)22/h3-9,12H,10-11H2,1-2H3,(H,23,29)(H,24,28)/t12-/m0/s1. The molecule has 32 heavy (non-hydrogen) atoms. The summed E-state index contributed by atoms with van der Waals surface area (Å²) in [5.41, 5.74) is 0.693. The molecular formula is C21H20FN5O4S. The van der Waals surface area contributed by atoms with Crippen molar-refractivity contribution in [1.29, 1.82) is 0 Å². The molecule has 0 bridgehead atoms. The molecule has 2 heterocycles. The Hall–Kier alpha value is -3.60. The summed E-state index contributed by atoms with van der Waals surface area (Å²) in [6.45, 7) is 1.90. The number of amides is 2. The molecular weight excluding hydrogens is 437 g/mol. The van der Waals surface area contributed by atoms with Crippen molar-refractivity contribution in [2.75, 3.05) is 17.4 Å². The number of ether oxygens (including phenoxy) is 2. The van der Waals surface area contributed by atoms with Crippen LogP contribution in [-0.4, -0.2) is 38.6 Å². The van der Waals surface area contributed by atoms with Crippen molar-refractivity contribution in [2.24, 2.45) is 7.05 Å². The average Bonchev–Trinajstić information content (AvgIpc) is 3.37. The molecule has 1 aliphatic heterocycles. The van der Waals surface area contributed by atoms with E-state index in [2.05, 4.69) is 20.8 Å². The molecule has 1 atom stereocenters. The maximum absolute atomic E-state index is 13.7. The number of benzene rings is 2. The molecule has 0 unspecified atom stereocenters. The molecule has 4 rings (SSSR count). The summed E-state index contributed by atoms with van der Waals surface area (Å²) in [4.78, 5) is 24.8. The van der Waals surface area contributed by atoms with E-state index in [4.69, 9.17) is 9.47 Å². The van der Waals surface area contributed by atoms with Gasteiger partial charge in [-0.05, 0) is 31.2 Å². The highest BCUT2D eigenvalue weighted by atomic mass is 32.2. The number of hydrogen-bond donors (Lipinski definition) is 2. The van der Waals surface area contributed by atoms with Crippen LogP contribution < -0.4 is 20.1 Å². The van der Waals surface area contributed by atoms with E-state index in [1.54, 1.807) is 48.9 Å². The average molecular weight is 457 g/mol. The topological polar surface area (TPSA) is 107 Å². The van der Waals surface area contributed by atoms with Crippen LogP contribution in [0, 0.1) is 5.82 Å². The van der Waals surface area contributed by atoms with Crippen LogP contribution in [0.25, 0.3) is 0 Å². The summed E-state index contributed by atoms with van der Waals surface area (Å²) in [6.07, 6.45) is -0.0871. The highest BCUT2D eigenvalue weighted by molar-refractivity contribution is 8.00. The van der Waals surface area contributed by atoms with Crippen molar-refractivity contribution in [2.45, 2.75) is 23.8 Å². The van der Waals surface area contributed by atoms with Crippen LogP contribution in [0.5, 0.6) is 11.5 Å². The minimum atomic E-state index is -0.516. The Kier molecular flexibility index (Phi) is 6.26. The molecule has 0 aliphatic carbocycles. The Morgan fingerprint density at radius 3 is 2.75 bits per heavy atom. The summed E-state index contributed by atoms with van der Waals surface area (Å²) in [5, 5.41) is 13.4. The Morgan fingerprint density at radius 1 is 1.16 bits per heavy atom. The summed E-state index contributed by atoms with van der Waals surface area (Å²) in [5.74, 6) is 0.444. The predicted molar refractivity (Wildman–Crippen MR) is 116 cm³/mol. The quantitative estimate of drug-likeness (QED) is 0.525. The maximum atomic E-state index is 13.7. The van der Waals surface area contributed by atoms with Gasteiger partial charge < -0.3 is 24.7 Å². The van der Waals surface area contributed by atoms with Crippen LogP contribution in [0.2, 0.25) is 0 Å². The van der Waals surface area contributed by atoms with Crippen molar-refractivity contribution < 1.29 is 23.5 Å². The fourth-order valence-corrected chi connectivity index (χ4v) is 3.77. The van der Waals surface area contributed by atoms with Gasteiger partial charge >= 0.3 is 0 Å². The first kappa shape index (κ1) is 21.6.